The SMILES string of the molecule is Cc1ccc(S(=O)(=O)N=S(=O)(CC(=O)c2ccccc2)c2ccccc2)cc1. The standard InChI is InChI=1S/C21H19NO4S2/c1-17-12-14-20(15-13-17)28(25,26)22-27(24,19-10-6-3-7-11-19)16-21(23)18-8-4-2-5-9-18/h2-15H,16H2,1H3. The number of rotatable bonds is 6. The van der Waals surface area contributed by atoms with E-state index in [0.717, 1.165) is 5.56 Å². The van der Waals surface area contributed by atoms with E-state index in [1.54, 1.807) is 60.7 Å². The predicted octanol–water partition coefficient (Wildman–Crippen LogP) is 4.09. The molecule has 0 saturated carbocycles. The van der Waals surface area contributed by atoms with Gasteiger partial charge in [-0.05, 0) is 31.2 Å². The molecule has 144 valence electrons. The molecule has 0 amide bonds. The van der Waals surface area contributed by atoms with Crippen molar-refractivity contribution in [3.05, 3.63) is 96.1 Å². The summed E-state index contributed by atoms with van der Waals surface area (Å²) >= 11 is 0. The molecule has 28 heavy (non-hydrogen) atoms. The maximum Gasteiger partial charge on any atom is 0.290 e. The van der Waals surface area contributed by atoms with Gasteiger partial charge >= 0.3 is 0 Å². The number of carbonyl (C=O) groups excluding carboxylic acids is 1. The van der Waals surface area contributed by atoms with Crippen LogP contribution >= 0.6 is 0 Å². The highest BCUT2D eigenvalue weighted by Crippen LogP contribution is 2.22. The summed E-state index contributed by atoms with van der Waals surface area (Å²) in [7, 11) is -7.76. The number of benzene rings is 3. The van der Waals surface area contributed by atoms with Gasteiger partial charge in [0.05, 0.1) is 14.6 Å². The van der Waals surface area contributed by atoms with Crippen LogP contribution in [-0.2, 0) is 19.8 Å². The lowest BCUT2D eigenvalue weighted by Crippen LogP contribution is -2.18. The lowest BCUT2D eigenvalue weighted by Gasteiger charge is -2.10. The summed E-state index contributed by atoms with van der Waals surface area (Å²) in [5.41, 5.74) is 1.25. The second kappa shape index (κ2) is 8.08. The maximum absolute atomic E-state index is 13.7. The summed E-state index contributed by atoms with van der Waals surface area (Å²) in [4.78, 5) is 12.8. The number of carbonyl (C=O) groups is 1. The second-order valence-corrected chi connectivity index (χ2v) is 10.3. The van der Waals surface area contributed by atoms with Crippen molar-refractivity contribution < 1.29 is 17.4 Å². The molecule has 0 saturated heterocycles. The number of aryl methyl sites for hydroxylation is 1. The van der Waals surface area contributed by atoms with Crippen LogP contribution < -0.4 is 0 Å². The highest BCUT2D eigenvalue weighted by molar-refractivity contribution is 8.03. The van der Waals surface area contributed by atoms with E-state index in [2.05, 4.69) is 3.77 Å². The van der Waals surface area contributed by atoms with Crippen molar-refractivity contribution in [2.24, 2.45) is 3.77 Å². The van der Waals surface area contributed by atoms with Gasteiger partial charge < -0.3 is 0 Å². The molecule has 0 aliphatic heterocycles. The van der Waals surface area contributed by atoms with Crippen molar-refractivity contribution in [1.29, 1.82) is 0 Å². The zero-order valence-corrected chi connectivity index (χ0v) is 16.8. The Morgan fingerprint density at radius 3 is 1.86 bits per heavy atom. The molecule has 0 heterocycles. The first kappa shape index (κ1) is 20.0. The lowest BCUT2D eigenvalue weighted by atomic mass is 10.2. The number of sulfonamides is 1. The quantitative estimate of drug-likeness (QED) is 0.570. The minimum atomic E-state index is -4.21. The van der Waals surface area contributed by atoms with Gasteiger partial charge in [0.1, 0.15) is 5.75 Å². The van der Waals surface area contributed by atoms with Gasteiger partial charge in [-0.25, -0.2) is 4.21 Å². The molecule has 0 bridgehead atoms. The Labute approximate surface area is 165 Å². The monoisotopic (exact) mass is 413 g/mol. The largest absolute Gasteiger partial charge is 0.293 e. The third kappa shape index (κ3) is 4.55. The Balaban J connectivity index is 2.12. The molecule has 1 atom stereocenters. The molecular weight excluding hydrogens is 394 g/mol. The van der Waals surface area contributed by atoms with Gasteiger partial charge in [-0.2, -0.15) is 8.42 Å². The normalized spacial score (nSPS) is 13.5. The van der Waals surface area contributed by atoms with E-state index in [1.807, 2.05) is 6.92 Å². The summed E-state index contributed by atoms with van der Waals surface area (Å²) in [6.45, 7) is 1.83. The van der Waals surface area contributed by atoms with E-state index in [4.69, 9.17) is 0 Å². The van der Waals surface area contributed by atoms with Gasteiger partial charge in [-0.3, -0.25) is 4.79 Å². The summed E-state index contributed by atoms with van der Waals surface area (Å²) in [6.07, 6.45) is 0. The third-order valence-corrected chi connectivity index (χ3v) is 8.35. The molecule has 5 nitrogen and oxygen atoms in total. The van der Waals surface area contributed by atoms with E-state index in [9.17, 15) is 17.4 Å². The van der Waals surface area contributed by atoms with Gasteiger partial charge in [-0.1, -0.05) is 66.2 Å². The zero-order chi connectivity index (χ0) is 20.2. The zero-order valence-electron chi connectivity index (χ0n) is 15.2. The van der Waals surface area contributed by atoms with Crippen LogP contribution in [0.4, 0.5) is 0 Å². The van der Waals surface area contributed by atoms with Gasteiger partial charge in [-0.15, -0.1) is 3.77 Å². The third-order valence-electron chi connectivity index (χ3n) is 4.07. The summed E-state index contributed by atoms with van der Waals surface area (Å²) in [5.74, 6) is -0.955. The number of nitrogens with zero attached hydrogens (tertiary/aromatic N) is 1. The summed E-state index contributed by atoms with van der Waals surface area (Å²) in [5, 5.41) is 0. The highest BCUT2D eigenvalue weighted by Gasteiger charge is 2.24. The van der Waals surface area contributed by atoms with E-state index in [1.165, 1.54) is 24.3 Å². The van der Waals surface area contributed by atoms with E-state index >= 15 is 0 Å². The number of ketones is 1. The van der Waals surface area contributed by atoms with Crippen molar-refractivity contribution in [3.8, 4) is 0 Å². The van der Waals surface area contributed by atoms with Crippen LogP contribution in [0.3, 0.4) is 0 Å². The molecule has 1 unspecified atom stereocenters. The Bertz CT molecular complexity index is 1190. The van der Waals surface area contributed by atoms with Crippen LogP contribution in [0.5, 0.6) is 0 Å². The molecule has 7 heteroatoms. The number of hydrogen-bond donors (Lipinski definition) is 0. The first-order valence-electron chi connectivity index (χ1n) is 8.51. The van der Waals surface area contributed by atoms with Gasteiger partial charge in [0.25, 0.3) is 10.0 Å². The average Bonchev–Trinajstić information content (AvgIpc) is 2.69. The van der Waals surface area contributed by atoms with E-state index in [0.29, 0.717) is 5.56 Å². The molecule has 3 aromatic rings. The Hall–Kier alpha value is -2.77. The molecule has 0 fully saturated rings. The van der Waals surface area contributed by atoms with E-state index < -0.39 is 31.3 Å². The second-order valence-electron chi connectivity index (χ2n) is 6.25. The van der Waals surface area contributed by atoms with Crippen LogP contribution in [0.1, 0.15) is 15.9 Å². The molecular formula is C21H19NO4S2. The van der Waals surface area contributed by atoms with Crippen molar-refractivity contribution in [2.45, 2.75) is 16.7 Å². The highest BCUT2D eigenvalue weighted by atomic mass is 32.3. The smallest absolute Gasteiger partial charge is 0.290 e. The van der Waals surface area contributed by atoms with Crippen molar-refractivity contribution in [3.63, 3.8) is 0 Å². The topological polar surface area (TPSA) is 80.6 Å². The van der Waals surface area contributed by atoms with Crippen LogP contribution in [0, 0.1) is 6.92 Å². The summed E-state index contributed by atoms with van der Waals surface area (Å²) < 4.78 is 43.0. The van der Waals surface area contributed by atoms with Gasteiger partial charge in [0.2, 0.25) is 0 Å². The molecule has 3 aromatic carbocycles. The van der Waals surface area contributed by atoms with Gasteiger partial charge in [0, 0.05) is 10.5 Å². The molecule has 0 aromatic heterocycles. The average molecular weight is 414 g/mol. The lowest BCUT2D eigenvalue weighted by molar-refractivity contribution is 0.102. The van der Waals surface area contributed by atoms with Crippen LogP contribution in [0.15, 0.2) is 98.5 Å². The fourth-order valence-electron chi connectivity index (χ4n) is 2.58. The number of Topliss-reactive ketones (excluding diaryl/α,β-unsaturated/α-hetero) is 1. The molecule has 0 aliphatic rings. The molecule has 0 aliphatic carbocycles. The first-order chi connectivity index (χ1) is 13.3. The van der Waals surface area contributed by atoms with E-state index in [-0.39, 0.29) is 9.79 Å². The minimum absolute atomic E-state index is 0.0612. The fourth-order valence-corrected chi connectivity index (χ4v) is 6.50. The van der Waals surface area contributed by atoms with Gasteiger partial charge in [0.15, 0.2) is 5.78 Å². The van der Waals surface area contributed by atoms with Crippen LogP contribution in [0.25, 0.3) is 0 Å². The fraction of sp³-hybridized carbons (Fsp3) is 0.0952. The Morgan fingerprint density at radius 1 is 0.750 bits per heavy atom. The Kier molecular flexibility index (Phi) is 5.76. The van der Waals surface area contributed by atoms with Crippen molar-refractivity contribution in [1.82, 2.24) is 0 Å². The van der Waals surface area contributed by atoms with Crippen molar-refractivity contribution >= 4 is 25.5 Å². The summed E-state index contributed by atoms with van der Waals surface area (Å²) in [6, 6.07) is 22.5. The maximum atomic E-state index is 13.7. The van der Waals surface area contributed by atoms with Crippen molar-refractivity contribution in [2.75, 3.05) is 5.75 Å². The first-order valence-corrected chi connectivity index (χ1v) is 11.6. The Morgan fingerprint density at radius 2 is 1.29 bits per heavy atom. The minimum Gasteiger partial charge on any atom is -0.293 e. The molecule has 0 radical (unpaired) electrons. The predicted molar refractivity (Wildman–Crippen MR) is 109 cm³/mol. The van der Waals surface area contributed by atoms with Crippen LogP contribution in [-0.4, -0.2) is 24.2 Å². The molecule has 0 spiro atoms. The molecule has 0 N–H and O–H groups in total. The number of hydrogen-bond acceptors (Lipinski definition) is 4. The van der Waals surface area contributed by atoms with Crippen LogP contribution in [0.2, 0.25) is 0 Å². The molecule has 3 rings (SSSR count).